The van der Waals surface area contributed by atoms with E-state index in [1.807, 2.05) is 12.1 Å². The molecule has 3 aromatic rings. The molecule has 0 aliphatic heterocycles. The third-order valence-electron chi connectivity index (χ3n) is 3.86. The Bertz CT molecular complexity index is 1010. The van der Waals surface area contributed by atoms with Crippen LogP contribution in [0.2, 0.25) is 0 Å². The number of ether oxygens (including phenoxy) is 1. The first-order valence-corrected chi connectivity index (χ1v) is 9.38. The van der Waals surface area contributed by atoms with E-state index in [1.165, 1.54) is 36.5 Å². The summed E-state index contributed by atoms with van der Waals surface area (Å²) in [5.74, 6) is -0.328. The number of hydrogen-bond donors (Lipinski definition) is 3. The largest absolute Gasteiger partial charge is 0.497 e. The summed E-state index contributed by atoms with van der Waals surface area (Å²) in [4.78, 5) is 24.3. The van der Waals surface area contributed by atoms with Crippen LogP contribution in [0, 0.1) is 5.82 Å². The number of carbonyl (C=O) groups excluding carboxylic acids is 2. The molecule has 10 heteroatoms. The Kier molecular flexibility index (Phi) is 6.35. The van der Waals surface area contributed by atoms with Gasteiger partial charge in [0.05, 0.1) is 12.8 Å². The Morgan fingerprint density at radius 1 is 1.07 bits per heavy atom. The SMILES string of the molecule is COc1ccc(-c2nnc(NC(=O)[C@@H](C)NC(=O)Nc3ccccc3F)s2)cc1. The first-order valence-electron chi connectivity index (χ1n) is 8.57. The van der Waals surface area contributed by atoms with Crippen LogP contribution in [0.15, 0.2) is 48.5 Å². The van der Waals surface area contributed by atoms with Crippen molar-refractivity contribution in [2.24, 2.45) is 0 Å². The minimum absolute atomic E-state index is 0.0193. The summed E-state index contributed by atoms with van der Waals surface area (Å²) in [7, 11) is 1.58. The highest BCUT2D eigenvalue weighted by Crippen LogP contribution is 2.27. The fourth-order valence-corrected chi connectivity index (χ4v) is 3.07. The zero-order valence-electron chi connectivity index (χ0n) is 15.6. The molecule has 150 valence electrons. The summed E-state index contributed by atoms with van der Waals surface area (Å²) in [5.41, 5.74) is 0.852. The van der Waals surface area contributed by atoms with Gasteiger partial charge >= 0.3 is 6.03 Å². The summed E-state index contributed by atoms with van der Waals surface area (Å²) >= 11 is 1.20. The number of para-hydroxylation sites is 1. The van der Waals surface area contributed by atoms with Gasteiger partial charge in [-0.3, -0.25) is 10.1 Å². The van der Waals surface area contributed by atoms with Crippen LogP contribution in [-0.2, 0) is 4.79 Å². The van der Waals surface area contributed by atoms with Crippen molar-refractivity contribution in [1.82, 2.24) is 15.5 Å². The predicted molar refractivity (Wildman–Crippen MR) is 109 cm³/mol. The van der Waals surface area contributed by atoms with Crippen molar-refractivity contribution >= 4 is 34.1 Å². The molecule has 0 aliphatic rings. The molecule has 1 aromatic heterocycles. The fraction of sp³-hybridized carbons (Fsp3) is 0.158. The maximum absolute atomic E-state index is 13.6. The van der Waals surface area contributed by atoms with Crippen LogP contribution in [0.3, 0.4) is 0 Å². The minimum Gasteiger partial charge on any atom is -0.497 e. The van der Waals surface area contributed by atoms with Gasteiger partial charge in [-0.25, -0.2) is 9.18 Å². The van der Waals surface area contributed by atoms with E-state index in [4.69, 9.17) is 4.74 Å². The number of anilines is 2. The Morgan fingerprint density at radius 2 is 1.79 bits per heavy atom. The van der Waals surface area contributed by atoms with E-state index in [9.17, 15) is 14.0 Å². The van der Waals surface area contributed by atoms with Gasteiger partial charge in [0.2, 0.25) is 11.0 Å². The number of nitrogens with zero attached hydrogens (tertiary/aromatic N) is 2. The second-order valence-electron chi connectivity index (χ2n) is 5.93. The molecular weight excluding hydrogens is 397 g/mol. The maximum atomic E-state index is 13.6. The van der Waals surface area contributed by atoms with Crippen LogP contribution in [0.25, 0.3) is 10.6 Å². The van der Waals surface area contributed by atoms with Crippen molar-refractivity contribution in [3.05, 3.63) is 54.3 Å². The van der Waals surface area contributed by atoms with Crippen molar-refractivity contribution in [3.63, 3.8) is 0 Å². The van der Waals surface area contributed by atoms with Crippen LogP contribution in [0.1, 0.15) is 6.92 Å². The third-order valence-corrected chi connectivity index (χ3v) is 4.74. The van der Waals surface area contributed by atoms with Crippen molar-refractivity contribution in [3.8, 4) is 16.3 Å². The van der Waals surface area contributed by atoms with Crippen molar-refractivity contribution in [2.45, 2.75) is 13.0 Å². The number of benzene rings is 2. The molecule has 0 fully saturated rings. The number of rotatable bonds is 6. The lowest BCUT2D eigenvalue weighted by Gasteiger charge is -2.13. The highest BCUT2D eigenvalue weighted by atomic mass is 32.1. The zero-order chi connectivity index (χ0) is 20.8. The van der Waals surface area contributed by atoms with E-state index >= 15 is 0 Å². The molecular formula is C19H18FN5O3S. The standard InChI is InChI=1S/C19H18FN5O3S/c1-11(21-18(27)22-15-6-4-3-5-14(15)20)16(26)23-19-25-24-17(29-19)12-7-9-13(28-2)10-8-12/h3-11H,1-2H3,(H2,21,22,27)(H,23,25,26)/t11-/m1/s1. The number of halogens is 1. The molecule has 0 saturated carbocycles. The molecule has 8 nitrogen and oxygen atoms in total. The normalized spacial score (nSPS) is 11.4. The van der Waals surface area contributed by atoms with Gasteiger partial charge in [-0.1, -0.05) is 23.5 Å². The molecule has 3 amide bonds. The molecule has 0 spiro atoms. The molecule has 0 aliphatic carbocycles. The predicted octanol–water partition coefficient (Wildman–Crippen LogP) is 3.50. The van der Waals surface area contributed by atoms with Gasteiger partial charge in [0, 0.05) is 5.56 Å². The lowest BCUT2D eigenvalue weighted by atomic mass is 10.2. The maximum Gasteiger partial charge on any atom is 0.319 e. The van der Waals surface area contributed by atoms with Gasteiger partial charge in [0.15, 0.2) is 0 Å². The summed E-state index contributed by atoms with van der Waals surface area (Å²) in [6.45, 7) is 1.50. The number of amides is 3. The first-order chi connectivity index (χ1) is 14.0. The summed E-state index contributed by atoms with van der Waals surface area (Å²) in [5, 5.41) is 16.3. The van der Waals surface area contributed by atoms with Crippen molar-refractivity contribution < 1.29 is 18.7 Å². The Morgan fingerprint density at radius 3 is 2.48 bits per heavy atom. The Balaban J connectivity index is 1.56. The molecule has 0 bridgehead atoms. The number of methoxy groups -OCH3 is 1. The minimum atomic E-state index is -0.880. The van der Waals surface area contributed by atoms with Gasteiger partial charge < -0.3 is 15.4 Å². The average Bonchev–Trinajstić information content (AvgIpc) is 3.18. The van der Waals surface area contributed by atoms with Gasteiger partial charge in [-0.15, -0.1) is 10.2 Å². The molecule has 1 atom stereocenters. The molecule has 1 heterocycles. The molecule has 0 unspecified atom stereocenters. The average molecular weight is 415 g/mol. The van der Waals surface area contributed by atoms with Crippen LogP contribution in [0.4, 0.5) is 20.0 Å². The molecule has 0 radical (unpaired) electrons. The van der Waals surface area contributed by atoms with E-state index < -0.39 is 23.8 Å². The second-order valence-corrected chi connectivity index (χ2v) is 6.91. The number of nitrogens with one attached hydrogen (secondary N) is 3. The third kappa shape index (κ3) is 5.26. The Hall–Kier alpha value is -3.53. The lowest BCUT2D eigenvalue weighted by molar-refractivity contribution is -0.117. The quantitative estimate of drug-likeness (QED) is 0.571. The van der Waals surface area contributed by atoms with Crippen LogP contribution in [-0.4, -0.2) is 35.3 Å². The van der Waals surface area contributed by atoms with Gasteiger partial charge in [-0.05, 0) is 43.3 Å². The highest BCUT2D eigenvalue weighted by Gasteiger charge is 2.18. The monoisotopic (exact) mass is 415 g/mol. The van der Waals surface area contributed by atoms with E-state index in [-0.39, 0.29) is 5.69 Å². The van der Waals surface area contributed by atoms with Crippen molar-refractivity contribution in [1.29, 1.82) is 0 Å². The molecule has 2 aromatic carbocycles. The summed E-state index contributed by atoms with van der Waals surface area (Å²) < 4.78 is 18.7. The van der Waals surface area contributed by atoms with Crippen molar-refractivity contribution in [2.75, 3.05) is 17.7 Å². The second kappa shape index (κ2) is 9.11. The van der Waals surface area contributed by atoms with Gasteiger partial charge in [0.1, 0.15) is 22.6 Å². The molecule has 29 heavy (non-hydrogen) atoms. The topological polar surface area (TPSA) is 105 Å². The lowest BCUT2D eigenvalue weighted by Crippen LogP contribution is -2.43. The van der Waals surface area contributed by atoms with Crippen LogP contribution in [0.5, 0.6) is 5.75 Å². The molecule has 3 N–H and O–H groups in total. The summed E-state index contributed by atoms with van der Waals surface area (Å²) in [6, 6.07) is 11.4. The van der Waals surface area contributed by atoms with E-state index in [2.05, 4.69) is 26.1 Å². The van der Waals surface area contributed by atoms with Crippen LogP contribution < -0.4 is 20.7 Å². The van der Waals surface area contributed by atoms with E-state index in [0.717, 1.165) is 11.3 Å². The van der Waals surface area contributed by atoms with Gasteiger partial charge in [0.25, 0.3) is 0 Å². The number of urea groups is 1. The van der Waals surface area contributed by atoms with Gasteiger partial charge in [-0.2, -0.15) is 0 Å². The zero-order valence-corrected chi connectivity index (χ0v) is 16.4. The highest BCUT2D eigenvalue weighted by molar-refractivity contribution is 7.18. The molecule has 0 saturated heterocycles. The first kappa shape index (κ1) is 20.2. The number of carbonyl (C=O) groups is 2. The molecule has 3 rings (SSSR count). The Labute approximate surface area is 170 Å². The van der Waals surface area contributed by atoms with E-state index in [1.54, 1.807) is 25.3 Å². The van der Waals surface area contributed by atoms with Crippen LogP contribution >= 0.6 is 11.3 Å². The smallest absolute Gasteiger partial charge is 0.319 e. The fourth-order valence-electron chi connectivity index (χ4n) is 2.32. The number of hydrogen-bond acceptors (Lipinski definition) is 6. The van der Waals surface area contributed by atoms with E-state index in [0.29, 0.717) is 10.1 Å². The summed E-state index contributed by atoms with van der Waals surface area (Å²) in [6.07, 6.45) is 0. The number of aromatic nitrogens is 2.